The number of hydrogen-bond acceptors (Lipinski definition) is 4. The predicted octanol–water partition coefficient (Wildman–Crippen LogP) is 0.713. The molecule has 2 N–H and O–H groups in total. The number of rotatable bonds is 4. The third kappa shape index (κ3) is 2.68. The zero-order valence-electron chi connectivity index (χ0n) is 11.5. The molecule has 108 valence electrons. The third-order valence-corrected chi connectivity index (χ3v) is 5.54. The van der Waals surface area contributed by atoms with Crippen molar-refractivity contribution in [2.75, 3.05) is 13.1 Å². The average Bonchev–Trinajstić information content (AvgIpc) is 2.80. The maximum absolute atomic E-state index is 12.6. The first-order valence-corrected chi connectivity index (χ1v) is 8.20. The molecule has 1 aromatic rings. The van der Waals surface area contributed by atoms with Gasteiger partial charge in [-0.2, -0.15) is 4.31 Å². The van der Waals surface area contributed by atoms with E-state index in [1.165, 1.54) is 4.31 Å². The van der Waals surface area contributed by atoms with Crippen LogP contribution in [0.4, 0.5) is 0 Å². The van der Waals surface area contributed by atoms with E-state index < -0.39 is 10.0 Å². The second-order valence-corrected chi connectivity index (χ2v) is 6.75. The van der Waals surface area contributed by atoms with Crippen LogP contribution >= 0.6 is 0 Å². The lowest BCUT2D eigenvalue weighted by molar-refractivity contribution is 0.257. The Morgan fingerprint density at radius 1 is 1.47 bits per heavy atom. The summed E-state index contributed by atoms with van der Waals surface area (Å²) in [5.74, 6) is 0.724. The van der Waals surface area contributed by atoms with Gasteiger partial charge in [0.2, 0.25) is 0 Å². The largest absolute Gasteiger partial charge is 0.334 e. The van der Waals surface area contributed by atoms with Gasteiger partial charge < -0.3 is 10.3 Å². The molecule has 0 aliphatic carbocycles. The summed E-state index contributed by atoms with van der Waals surface area (Å²) < 4.78 is 28.6. The summed E-state index contributed by atoms with van der Waals surface area (Å²) in [4.78, 5) is 4.19. The number of imidazole rings is 1. The van der Waals surface area contributed by atoms with Crippen LogP contribution in [0.1, 0.15) is 32.0 Å². The van der Waals surface area contributed by atoms with Gasteiger partial charge in [-0.15, -0.1) is 0 Å². The van der Waals surface area contributed by atoms with Crippen molar-refractivity contribution in [3.63, 3.8) is 0 Å². The molecule has 1 atom stereocenters. The lowest BCUT2D eigenvalue weighted by Gasteiger charge is -2.33. The van der Waals surface area contributed by atoms with Crippen LogP contribution in [-0.4, -0.2) is 41.4 Å². The van der Waals surface area contributed by atoms with E-state index >= 15 is 0 Å². The monoisotopic (exact) mass is 286 g/mol. The summed E-state index contributed by atoms with van der Waals surface area (Å²) in [6.45, 7) is 5.41. The fraction of sp³-hybridized carbons (Fsp3) is 0.750. The van der Waals surface area contributed by atoms with E-state index in [0.29, 0.717) is 19.6 Å². The van der Waals surface area contributed by atoms with E-state index in [1.807, 2.05) is 18.4 Å². The molecule has 2 rings (SSSR count). The topological polar surface area (TPSA) is 81.2 Å². The molecule has 2 heterocycles. The zero-order chi connectivity index (χ0) is 14.0. The van der Waals surface area contributed by atoms with Gasteiger partial charge in [0, 0.05) is 31.9 Å². The maximum atomic E-state index is 12.6. The second-order valence-electron chi connectivity index (χ2n) is 4.91. The second kappa shape index (κ2) is 5.60. The molecule has 0 saturated carbocycles. The molecule has 1 saturated heterocycles. The fourth-order valence-corrected chi connectivity index (χ4v) is 4.27. The SMILES string of the molecule is CCn1cc(S(=O)(=O)N2CCCCC2CN)nc1C. The highest BCUT2D eigenvalue weighted by Crippen LogP contribution is 2.24. The lowest BCUT2D eigenvalue weighted by Crippen LogP contribution is -2.47. The molecular formula is C12H22N4O2S. The van der Waals surface area contributed by atoms with Crippen molar-refractivity contribution < 1.29 is 8.42 Å². The average molecular weight is 286 g/mol. The summed E-state index contributed by atoms with van der Waals surface area (Å²) >= 11 is 0. The fourth-order valence-electron chi connectivity index (χ4n) is 2.57. The molecule has 1 aliphatic heterocycles. The lowest BCUT2D eigenvalue weighted by atomic mass is 10.1. The molecule has 1 aromatic heterocycles. The number of nitrogens with two attached hydrogens (primary N) is 1. The molecule has 1 aliphatic rings. The number of aromatic nitrogens is 2. The Morgan fingerprint density at radius 2 is 2.21 bits per heavy atom. The van der Waals surface area contributed by atoms with Crippen molar-refractivity contribution in [2.45, 2.75) is 50.7 Å². The minimum atomic E-state index is -3.51. The minimum Gasteiger partial charge on any atom is -0.334 e. The summed E-state index contributed by atoms with van der Waals surface area (Å²) in [5.41, 5.74) is 5.70. The number of nitrogens with zero attached hydrogens (tertiary/aromatic N) is 3. The Hall–Kier alpha value is -0.920. The number of sulfonamides is 1. The van der Waals surface area contributed by atoms with E-state index in [2.05, 4.69) is 4.98 Å². The van der Waals surface area contributed by atoms with Crippen molar-refractivity contribution in [3.05, 3.63) is 12.0 Å². The van der Waals surface area contributed by atoms with Gasteiger partial charge >= 0.3 is 0 Å². The van der Waals surface area contributed by atoms with E-state index in [4.69, 9.17) is 5.73 Å². The smallest absolute Gasteiger partial charge is 0.262 e. The predicted molar refractivity (Wildman–Crippen MR) is 73.2 cm³/mol. The van der Waals surface area contributed by atoms with Crippen molar-refractivity contribution in [2.24, 2.45) is 5.73 Å². The van der Waals surface area contributed by atoms with Gasteiger partial charge in [0.25, 0.3) is 10.0 Å². The van der Waals surface area contributed by atoms with E-state index in [9.17, 15) is 8.42 Å². The van der Waals surface area contributed by atoms with Crippen LogP contribution < -0.4 is 5.73 Å². The quantitative estimate of drug-likeness (QED) is 0.884. The number of piperidine rings is 1. The Balaban J connectivity index is 2.34. The van der Waals surface area contributed by atoms with Gasteiger partial charge in [-0.05, 0) is 26.7 Å². The van der Waals surface area contributed by atoms with Crippen molar-refractivity contribution in [1.82, 2.24) is 13.9 Å². The van der Waals surface area contributed by atoms with Gasteiger partial charge in [0.05, 0.1) is 0 Å². The van der Waals surface area contributed by atoms with Gasteiger partial charge in [-0.1, -0.05) is 6.42 Å². The molecule has 0 aromatic carbocycles. The Bertz CT molecular complexity index is 538. The number of hydrogen-bond donors (Lipinski definition) is 1. The molecule has 7 heteroatoms. The van der Waals surface area contributed by atoms with Crippen molar-refractivity contribution in [1.29, 1.82) is 0 Å². The first kappa shape index (κ1) is 14.5. The summed E-state index contributed by atoms with van der Waals surface area (Å²) in [5, 5.41) is 0.146. The molecule has 1 unspecified atom stereocenters. The van der Waals surface area contributed by atoms with Gasteiger partial charge in [-0.3, -0.25) is 0 Å². The molecule has 0 amide bonds. The van der Waals surface area contributed by atoms with Crippen LogP contribution in [0.25, 0.3) is 0 Å². The van der Waals surface area contributed by atoms with Crippen molar-refractivity contribution in [3.8, 4) is 0 Å². The highest BCUT2D eigenvalue weighted by molar-refractivity contribution is 7.89. The van der Waals surface area contributed by atoms with E-state index in [0.717, 1.165) is 25.1 Å². The van der Waals surface area contributed by atoms with Crippen LogP contribution in [0.15, 0.2) is 11.2 Å². The molecule has 6 nitrogen and oxygen atoms in total. The summed E-state index contributed by atoms with van der Waals surface area (Å²) in [6.07, 6.45) is 4.38. The van der Waals surface area contributed by atoms with Crippen LogP contribution in [0.5, 0.6) is 0 Å². The maximum Gasteiger partial charge on any atom is 0.262 e. The zero-order valence-corrected chi connectivity index (χ0v) is 12.4. The molecule has 1 fully saturated rings. The standard InChI is InChI=1S/C12H22N4O2S/c1-3-15-9-12(14-10(15)2)19(17,18)16-7-5-4-6-11(16)8-13/h9,11H,3-8,13H2,1-2H3. The molecule has 0 bridgehead atoms. The van der Waals surface area contributed by atoms with Gasteiger partial charge in [0.1, 0.15) is 5.82 Å². The van der Waals surface area contributed by atoms with Crippen LogP contribution in [0.3, 0.4) is 0 Å². The summed E-state index contributed by atoms with van der Waals surface area (Å²) in [6, 6.07) is -0.0918. The molecule has 19 heavy (non-hydrogen) atoms. The highest BCUT2D eigenvalue weighted by Gasteiger charge is 2.34. The van der Waals surface area contributed by atoms with Crippen LogP contribution in [-0.2, 0) is 16.6 Å². The van der Waals surface area contributed by atoms with E-state index in [1.54, 1.807) is 6.20 Å². The van der Waals surface area contributed by atoms with E-state index in [-0.39, 0.29) is 11.1 Å². The van der Waals surface area contributed by atoms with Crippen molar-refractivity contribution >= 4 is 10.0 Å². The Morgan fingerprint density at radius 3 is 2.79 bits per heavy atom. The molecular weight excluding hydrogens is 264 g/mol. The first-order valence-electron chi connectivity index (χ1n) is 6.76. The Labute approximate surface area is 114 Å². The first-order chi connectivity index (χ1) is 9.00. The molecule has 0 radical (unpaired) electrons. The van der Waals surface area contributed by atoms with Gasteiger partial charge in [0.15, 0.2) is 5.03 Å². The number of aryl methyl sites for hydroxylation is 2. The third-order valence-electron chi connectivity index (χ3n) is 3.71. The van der Waals surface area contributed by atoms with Crippen LogP contribution in [0.2, 0.25) is 0 Å². The normalized spacial score (nSPS) is 21.7. The molecule has 0 spiro atoms. The minimum absolute atomic E-state index is 0.0918. The van der Waals surface area contributed by atoms with Gasteiger partial charge in [-0.25, -0.2) is 13.4 Å². The van der Waals surface area contributed by atoms with Crippen LogP contribution in [0, 0.1) is 6.92 Å². The highest BCUT2D eigenvalue weighted by atomic mass is 32.2. The summed E-state index contributed by atoms with van der Waals surface area (Å²) in [7, 11) is -3.51. The Kier molecular flexibility index (Phi) is 4.27.